The highest BCUT2D eigenvalue weighted by Gasteiger charge is 2.24. The van der Waals surface area contributed by atoms with Gasteiger partial charge in [-0.15, -0.1) is 0 Å². The Hall–Kier alpha value is -2.04. The monoisotopic (exact) mass is 334 g/mol. The summed E-state index contributed by atoms with van der Waals surface area (Å²) in [5, 5.41) is 20.0. The minimum Gasteiger partial charge on any atom is -0.480 e. The average Bonchev–Trinajstić information content (AvgIpc) is 2.51. The van der Waals surface area contributed by atoms with Crippen LogP contribution in [0.25, 0.3) is 0 Å². The lowest BCUT2D eigenvalue weighted by Crippen LogP contribution is -2.52. The number of amides is 1. The van der Waals surface area contributed by atoms with E-state index >= 15 is 0 Å². The zero-order valence-electron chi connectivity index (χ0n) is 13.7. The summed E-state index contributed by atoms with van der Waals surface area (Å²) in [6.45, 7) is 3.47. The Morgan fingerprint density at radius 3 is 2.13 bits per heavy atom. The van der Waals surface area contributed by atoms with Crippen molar-refractivity contribution < 1.29 is 29.4 Å². The number of carboxylic acids is 2. The van der Waals surface area contributed by atoms with E-state index in [-0.39, 0.29) is 32.1 Å². The molecular weight excluding hydrogens is 308 g/mol. The number of nitrogens with zero attached hydrogens (tertiary/aromatic N) is 2. The zero-order chi connectivity index (χ0) is 18.4. The molecule has 0 saturated heterocycles. The van der Waals surface area contributed by atoms with Crippen LogP contribution in [0.1, 0.15) is 13.8 Å². The van der Waals surface area contributed by atoms with E-state index in [9.17, 15) is 19.2 Å². The number of nitrogens with two attached hydrogens (primary N) is 1. The van der Waals surface area contributed by atoms with Crippen LogP contribution in [0.3, 0.4) is 0 Å². The standard InChI is InChI=1S/C11H20N4O6.C2H6/c1-13-8(17)6-14(4-5-16)2-3-15(7-9(18)19)10(12)11(20)21;1-2/h5,10H,2-4,6-7,12H2,1H3,(H,13,17)(H,18,19)(H,20,21);1-2H3. The first-order valence-corrected chi connectivity index (χ1v) is 7.12. The smallest absolute Gasteiger partial charge is 0.335 e. The van der Waals surface area contributed by atoms with Gasteiger partial charge in [0, 0.05) is 20.1 Å². The van der Waals surface area contributed by atoms with Crippen LogP contribution >= 0.6 is 0 Å². The molecule has 0 spiro atoms. The third kappa shape index (κ3) is 11.2. The SMILES string of the molecule is CC.CNC(=O)CN(CC=O)CCN(CC(=O)O)C(N)C(=O)O. The lowest BCUT2D eigenvalue weighted by atomic mass is 10.3. The van der Waals surface area contributed by atoms with Crippen LogP contribution in [0, 0.1) is 0 Å². The van der Waals surface area contributed by atoms with Crippen LogP contribution < -0.4 is 11.1 Å². The molecule has 0 heterocycles. The second kappa shape index (κ2) is 13.6. The van der Waals surface area contributed by atoms with Gasteiger partial charge in [-0.05, 0) is 0 Å². The van der Waals surface area contributed by atoms with Crippen LogP contribution in [-0.2, 0) is 19.2 Å². The lowest BCUT2D eigenvalue weighted by molar-refractivity contribution is -0.146. The Labute approximate surface area is 135 Å². The molecule has 0 aliphatic rings. The van der Waals surface area contributed by atoms with E-state index in [0.717, 1.165) is 4.90 Å². The van der Waals surface area contributed by atoms with E-state index in [2.05, 4.69) is 5.32 Å². The average molecular weight is 334 g/mol. The van der Waals surface area contributed by atoms with Crippen molar-refractivity contribution in [2.45, 2.75) is 20.0 Å². The minimum atomic E-state index is -1.47. The van der Waals surface area contributed by atoms with Gasteiger partial charge in [-0.1, -0.05) is 13.8 Å². The number of likely N-dealkylation sites (N-methyl/N-ethyl adjacent to an activating group) is 1. The summed E-state index contributed by atoms with van der Waals surface area (Å²) >= 11 is 0. The number of hydrogen-bond acceptors (Lipinski definition) is 7. The molecule has 0 aliphatic heterocycles. The van der Waals surface area contributed by atoms with Crippen molar-refractivity contribution in [3.63, 3.8) is 0 Å². The molecule has 23 heavy (non-hydrogen) atoms. The van der Waals surface area contributed by atoms with Crippen LogP contribution in [0.4, 0.5) is 0 Å². The zero-order valence-corrected chi connectivity index (χ0v) is 13.7. The fraction of sp³-hybridized carbons (Fsp3) is 0.692. The van der Waals surface area contributed by atoms with Gasteiger partial charge in [0.25, 0.3) is 0 Å². The van der Waals surface area contributed by atoms with Gasteiger partial charge >= 0.3 is 11.9 Å². The molecule has 0 bridgehead atoms. The van der Waals surface area contributed by atoms with E-state index in [0.29, 0.717) is 6.29 Å². The van der Waals surface area contributed by atoms with Crippen molar-refractivity contribution in [2.75, 3.05) is 39.8 Å². The molecule has 0 aromatic heterocycles. The van der Waals surface area contributed by atoms with Crippen LogP contribution in [0.5, 0.6) is 0 Å². The van der Waals surface area contributed by atoms with E-state index < -0.39 is 24.6 Å². The van der Waals surface area contributed by atoms with E-state index in [1.54, 1.807) is 0 Å². The summed E-state index contributed by atoms with van der Waals surface area (Å²) in [7, 11) is 1.44. The van der Waals surface area contributed by atoms with E-state index in [1.807, 2.05) is 13.8 Å². The second-order valence-electron chi connectivity index (χ2n) is 4.22. The van der Waals surface area contributed by atoms with E-state index in [1.165, 1.54) is 11.9 Å². The molecule has 5 N–H and O–H groups in total. The first-order valence-electron chi connectivity index (χ1n) is 7.12. The summed E-state index contributed by atoms with van der Waals surface area (Å²) in [4.78, 5) is 45.8. The number of aldehydes is 1. The number of hydrogen-bond donors (Lipinski definition) is 4. The summed E-state index contributed by atoms with van der Waals surface area (Å²) in [6.07, 6.45) is -0.874. The van der Waals surface area contributed by atoms with Crippen molar-refractivity contribution in [1.82, 2.24) is 15.1 Å². The maximum Gasteiger partial charge on any atom is 0.335 e. The highest BCUT2D eigenvalue weighted by molar-refractivity contribution is 5.78. The number of carboxylic acid groups (broad SMARTS) is 2. The molecule has 10 heteroatoms. The maximum atomic E-state index is 11.3. The Morgan fingerprint density at radius 1 is 1.17 bits per heavy atom. The highest BCUT2D eigenvalue weighted by atomic mass is 16.4. The summed E-state index contributed by atoms with van der Waals surface area (Å²) in [5.41, 5.74) is 5.39. The molecule has 0 radical (unpaired) electrons. The summed E-state index contributed by atoms with van der Waals surface area (Å²) < 4.78 is 0. The fourth-order valence-corrected chi connectivity index (χ4v) is 1.54. The number of carbonyl (C=O) groups is 4. The molecule has 0 saturated carbocycles. The highest BCUT2D eigenvalue weighted by Crippen LogP contribution is 1.97. The summed E-state index contributed by atoms with van der Waals surface area (Å²) in [5.74, 6) is -2.89. The third-order valence-corrected chi connectivity index (χ3v) is 2.67. The molecule has 0 rings (SSSR count). The van der Waals surface area contributed by atoms with Crippen molar-refractivity contribution in [3.8, 4) is 0 Å². The third-order valence-electron chi connectivity index (χ3n) is 2.67. The predicted octanol–water partition coefficient (Wildman–Crippen LogP) is -1.98. The van der Waals surface area contributed by atoms with Gasteiger partial charge in [-0.25, -0.2) is 4.79 Å². The second-order valence-corrected chi connectivity index (χ2v) is 4.22. The van der Waals surface area contributed by atoms with Crippen LogP contribution in [0.2, 0.25) is 0 Å². The molecule has 1 unspecified atom stereocenters. The fourth-order valence-electron chi connectivity index (χ4n) is 1.54. The van der Waals surface area contributed by atoms with Gasteiger partial charge in [-0.3, -0.25) is 19.4 Å². The van der Waals surface area contributed by atoms with Crippen LogP contribution in [-0.4, -0.2) is 90.1 Å². The van der Waals surface area contributed by atoms with E-state index in [4.69, 9.17) is 15.9 Å². The van der Waals surface area contributed by atoms with Crippen molar-refractivity contribution >= 4 is 24.1 Å². The molecule has 1 atom stereocenters. The first kappa shape index (κ1) is 23.2. The van der Waals surface area contributed by atoms with Gasteiger partial charge < -0.3 is 26.1 Å². The molecule has 0 aliphatic carbocycles. The lowest BCUT2D eigenvalue weighted by Gasteiger charge is -2.27. The Morgan fingerprint density at radius 2 is 1.74 bits per heavy atom. The number of aliphatic carboxylic acids is 2. The Bertz CT molecular complexity index is 391. The molecule has 134 valence electrons. The molecular formula is C13H26N4O6. The van der Waals surface area contributed by atoms with Crippen molar-refractivity contribution in [3.05, 3.63) is 0 Å². The molecule has 10 nitrogen and oxygen atoms in total. The first-order chi connectivity index (χ1) is 10.8. The minimum absolute atomic E-state index is 0.00932. The van der Waals surface area contributed by atoms with Gasteiger partial charge in [0.1, 0.15) is 6.29 Å². The molecule has 0 aromatic rings. The largest absolute Gasteiger partial charge is 0.480 e. The van der Waals surface area contributed by atoms with Gasteiger partial charge in [0.05, 0.1) is 19.6 Å². The molecule has 1 amide bonds. The van der Waals surface area contributed by atoms with Crippen molar-refractivity contribution in [2.24, 2.45) is 5.73 Å². The van der Waals surface area contributed by atoms with Crippen molar-refractivity contribution in [1.29, 1.82) is 0 Å². The molecule has 0 fully saturated rings. The topological polar surface area (TPSA) is 153 Å². The van der Waals surface area contributed by atoms with Gasteiger partial charge in [0.2, 0.25) is 5.91 Å². The quantitative estimate of drug-likeness (QED) is 0.248. The van der Waals surface area contributed by atoms with Gasteiger partial charge in [-0.2, -0.15) is 0 Å². The van der Waals surface area contributed by atoms with Gasteiger partial charge in [0.15, 0.2) is 6.17 Å². The van der Waals surface area contributed by atoms with Crippen LogP contribution in [0.15, 0.2) is 0 Å². The molecule has 0 aromatic carbocycles. The normalized spacial score (nSPS) is 11.4. The number of nitrogens with one attached hydrogen (secondary N) is 1. The Balaban J connectivity index is 0. The summed E-state index contributed by atoms with van der Waals surface area (Å²) in [6, 6.07) is 0. The maximum absolute atomic E-state index is 11.3. The Kier molecular flexibility index (Phi) is 13.7. The number of carbonyl (C=O) groups excluding carboxylic acids is 2. The number of rotatable bonds is 11. The predicted molar refractivity (Wildman–Crippen MR) is 82.7 cm³/mol.